The van der Waals surface area contributed by atoms with Gasteiger partial charge in [0.25, 0.3) is 5.91 Å². The number of fused-ring (bicyclic) bond motifs is 2. The smallest absolute Gasteiger partial charge is 0.274 e. The zero-order valence-electron chi connectivity index (χ0n) is 16.0. The number of amides is 2. The lowest BCUT2D eigenvalue weighted by Gasteiger charge is -2.29. The van der Waals surface area contributed by atoms with Crippen LogP contribution < -0.4 is 0 Å². The molecule has 29 heavy (non-hydrogen) atoms. The van der Waals surface area contributed by atoms with E-state index in [-0.39, 0.29) is 24.0 Å². The van der Waals surface area contributed by atoms with Crippen LogP contribution in [-0.2, 0) is 16.1 Å². The maximum atomic E-state index is 13.1. The van der Waals surface area contributed by atoms with Crippen LogP contribution >= 0.6 is 0 Å². The third-order valence-electron chi connectivity index (χ3n) is 5.67. The maximum absolute atomic E-state index is 13.1. The van der Waals surface area contributed by atoms with E-state index in [1.54, 1.807) is 11.1 Å². The van der Waals surface area contributed by atoms with Crippen molar-refractivity contribution in [2.24, 2.45) is 0 Å². The SMILES string of the molecule is O=C(c1cn2ccccc2n1)N1C[C@@H]2OCCC(=O)N(Cc3ccccc3)[C@H]2C1. The second-order valence-corrected chi connectivity index (χ2v) is 7.54. The van der Waals surface area contributed by atoms with Gasteiger partial charge in [-0.2, -0.15) is 0 Å². The summed E-state index contributed by atoms with van der Waals surface area (Å²) < 4.78 is 7.79. The number of rotatable bonds is 3. The molecule has 5 rings (SSSR count). The molecule has 0 N–H and O–H groups in total. The third-order valence-corrected chi connectivity index (χ3v) is 5.67. The van der Waals surface area contributed by atoms with Crippen molar-refractivity contribution in [2.75, 3.05) is 19.7 Å². The lowest BCUT2D eigenvalue weighted by Crippen LogP contribution is -2.45. The van der Waals surface area contributed by atoms with Gasteiger partial charge < -0.3 is 18.9 Å². The van der Waals surface area contributed by atoms with Gasteiger partial charge >= 0.3 is 0 Å². The van der Waals surface area contributed by atoms with Gasteiger partial charge in [0.05, 0.1) is 25.2 Å². The zero-order chi connectivity index (χ0) is 19.8. The molecule has 0 spiro atoms. The van der Waals surface area contributed by atoms with Gasteiger partial charge in [0.2, 0.25) is 5.91 Å². The molecule has 3 aromatic rings. The van der Waals surface area contributed by atoms with Crippen LogP contribution in [0, 0.1) is 0 Å². The highest BCUT2D eigenvalue weighted by atomic mass is 16.5. The highest BCUT2D eigenvalue weighted by Gasteiger charge is 2.43. The number of aromatic nitrogens is 2. The van der Waals surface area contributed by atoms with Gasteiger partial charge in [0, 0.05) is 32.0 Å². The molecule has 2 aromatic heterocycles. The molecule has 2 aliphatic heterocycles. The second kappa shape index (κ2) is 7.33. The lowest BCUT2D eigenvalue weighted by atomic mass is 10.1. The Bertz CT molecular complexity index is 1020. The number of benzene rings is 1. The fraction of sp³-hybridized carbons (Fsp3) is 0.318. The number of likely N-dealkylation sites (tertiary alicyclic amines) is 1. The molecular weight excluding hydrogens is 368 g/mol. The minimum Gasteiger partial charge on any atom is -0.374 e. The van der Waals surface area contributed by atoms with Crippen molar-refractivity contribution >= 4 is 17.5 Å². The van der Waals surface area contributed by atoms with E-state index in [0.29, 0.717) is 38.4 Å². The third kappa shape index (κ3) is 3.38. The van der Waals surface area contributed by atoms with Crippen molar-refractivity contribution < 1.29 is 14.3 Å². The van der Waals surface area contributed by atoms with Crippen molar-refractivity contribution in [1.82, 2.24) is 19.2 Å². The van der Waals surface area contributed by atoms with E-state index in [4.69, 9.17) is 4.74 Å². The van der Waals surface area contributed by atoms with Gasteiger partial charge in [-0.15, -0.1) is 0 Å². The molecule has 2 saturated heterocycles. The van der Waals surface area contributed by atoms with E-state index in [0.717, 1.165) is 11.2 Å². The van der Waals surface area contributed by atoms with Gasteiger partial charge in [0.15, 0.2) is 0 Å². The van der Waals surface area contributed by atoms with E-state index in [1.807, 2.05) is 64.0 Å². The van der Waals surface area contributed by atoms with Crippen molar-refractivity contribution in [3.63, 3.8) is 0 Å². The molecule has 148 valence electrons. The number of carbonyl (C=O) groups is 2. The molecule has 7 heteroatoms. The number of pyridine rings is 1. The first-order valence-corrected chi connectivity index (χ1v) is 9.87. The van der Waals surface area contributed by atoms with E-state index < -0.39 is 0 Å². The molecular formula is C22H22N4O3. The normalized spacial score (nSPS) is 22.0. The maximum Gasteiger partial charge on any atom is 0.274 e. The van der Waals surface area contributed by atoms with Crippen molar-refractivity contribution in [3.8, 4) is 0 Å². The Balaban J connectivity index is 1.38. The molecule has 2 fully saturated rings. The highest BCUT2D eigenvalue weighted by molar-refractivity contribution is 5.93. The number of nitrogens with zero attached hydrogens (tertiary/aromatic N) is 4. The first-order chi connectivity index (χ1) is 14.2. The largest absolute Gasteiger partial charge is 0.374 e. The predicted molar refractivity (Wildman–Crippen MR) is 106 cm³/mol. The van der Waals surface area contributed by atoms with Crippen LogP contribution in [0.15, 0.2) is 60.9 Å². The van der Waals surface area contributed by atoms with Gasteiger partial charge in [-0.25, -0.2) is 4.98 Å². The number of hydrogen-bond acceptors (Lipinski definition) is 4. The molecule has 2 amide bonds. The minimum absolute atomic E-state index is 0.0726. The summed E-state index contributed by atoms with van der Waals surface area (Å²) >= 11 is 0. The Kier molecular flexibility index (Phi) is 4.52. The number of hydrogen-bond donors (Lipinski definition) is 0. The molecule has 4 heterocycles. The Hall–Kier alpha value is -3.19. The summed E-state index contributed by atoms with van der Waals surface area (Å²) in [5.74, 6) is -0.0548. The van der Waals surface area contributed by atoms with Crippen LogP contribution in [0.5, 0.6) is 0 Å². The summed E-state index contributed by atoms with van der Waals surface area (Å²) in [7, 11) is 0. The zero-order valence-corrected chi connectivity index (χ0v) is 16.0. The number of carbonyl (C=O) groups excluding carboxylic acids is 2. The Labute approximate surface area is 168 Å². The molecule has 2 aliphatic rings. The summed E-state index contributed by atoms with van der Waals surface area (Å²) in [6, 6.07) is 15.5. The highest BCUT2D eigenvalue weighted by Crippen LogP contribution is 2.26. The first kappa shape index (κ1) is 17.9. The summed E-state index contributed by atoms with van der Waals surface area (Å²) in [6.45, 7) is 1.84. The van der Waals surface area contributed by atoms with E-state index in [9.17, 15) is 9.59 Å². The van der Waals surface area contributed by atoms with Crippen LogP contribution in [-0.4, -0.2) is 62.8 Å². The van der Waals surface area contributed by atoms with Gasteiger partial charge in [0.1, 0.15) is 11.3 Å². The van der Waals surface area contributed by atoms with E-state index in [2.05, 4.69) is 4.98 Å². The second-order valence-electron chi connectivity index (χ2n) is 7.54. The molecule has 0 radical (unpaired) electrons. The van der Waals surface area contributed by atoms with Crippen LogP contribution in [0.4, 0.5) is 0 Å². The molecule has 1 aromatic carbocycles. The van der Waals surface area contributed by atoms with Crippen LogP contribution in [0.3, 0.4) is 0 Å². The minimum atomic E-state index is -0.175. The number of ether oxygens (including phenoxy) is 1. The van der Waals surface area contributed by atoms with E-state index >= 15 is 0 Å². The van der Waals surface area contributed by atoms with Crippen LogP contribution in [0.2, 0.25) is 0 Å². The predicted octanol–water partition coefficient (Wildman–Crippen LogP) is 1.98. The fourth-order valence-corrected chi connectivity index (χ4v) is 4.20. The summed E-state index contributed by atoms with van der Waals surface area (Å²) in [5, 5.41) is 0. The molecule has 0 unspecified atom stereocenters. The van der Waals surface area contributed by atoms with Gasteiger partial charge in [-0.05, 0) is 17.7 Å². The van der Waals surface area contributed by atoms with Crippen LogP contribution in [0.25, 0.3) is 5.65 Å². The molecule has 2 atom stereocenters. The molecule has 0 saturated carbocycles. The van der Waals surface area contributed by atoms with Gasteiger partial charge in [-0.3, -0.25) is 9.59 Å². The summed E-state index contributed by atoms with van der Waals surface area (Å²) in [5.41, 5.74) is 2.22. The molecule has 0 bridgehead atoms. The summed E-state index contributed by atoms with van der Waals surface area (Å²) in [6.07, 6.45) is 3.82. The van der Waals surface area contributed by atoms with Gasteiger partial charge in [-0.1, -0.05) is 36.4 Å². The Morgan fingerprint density at radius 1 is 1.10 bits per heavy atom. The Morgan fingerprint density at radius 3 is 2.76 bits per heavy atom. The summed E-state index contributed by atoms with van der Waals surface area (Å²) in [4.78, 5) is 33.9. The first-order valence-electron chi connectivity index (χ1n) is 9.87. The standard InChI is InChI=1S/C22H22N4O3/c27-21-9-11-29-19-15-25(14-18(19)26(21)12-16-6-2-1-3-7-16)22(28)17-13-24-10-5-4-8-20(24)23-17/h1-8,10,13,18-19H,9,11-12,14-15H2/t18-,19-/m0/s1. The average molecular weight is 390 g/mol. The quantitative estimate of drug-likeness (QED) is 0.686. The monoisotopic (exact) mass is 390 g/mol. The van der Waals surface area contributed by atoms with Crippen molar-refractivity contribution in [3.05, 3.63) is 72.2 Å². The average Bonchev–Trinajstić information content (AvgIpc) is 3.33. The number of imidazole rings is 1. The fourth-order valence-electron chi connectivity index (χ4n) is 4.20. The molecule has 7 nitrogen and oxygen atoms in total. The van der Waals surface area contributed by atoms with Crippen LogP contribution in [0.1, 0.15) is 22.5 Å². The molecule has 0 aliphatic carbocycles. The van der Waals surface area contributed by atoms with Crippen molar-refractivity contribution in [2.45, 2.75) is 25.1 Å². The van der Waals surface area contributed by atoms with Crippen molar-refractivity contribution in [1.29, 1.82) is 0 Å². The van der Waals surface area contributed by atoms with E-state index in [1.165, 1.54) is 0 Å². The topological polar surface area (TPSA) is 67.2 Å². The Morgan fingerprint density at radius 2 is 1.93 bits per heavy atom. The lowest BCUT2D eigenvalue weighted by molar-refractivity contribution is -0.133.